The number of aromatic nitrogens is 1. The molecule has 0 aliphatic rings. The predicted octanol–water partition coefficient (Wildman–Crippen LogP) is 2.47. The van der Waals surface area contributed by atoms with E-state index in [1.165, 1.54) is 23.5 Å². The number of benzene rings is 1. The maximum atomic E-state index is 12.9. The Morgan fingerprint density at radius 3 is 2.40 bits per heavy atom. The van der Waals surface area contributed by atoms with Crippen molar-refractivity contribution >= 4 is 11.3 Å². The first-order chi connectivity index (χ1) is 7.16. The first-order valence-corrected chi connectivity index (χ1v) is 5.15. The minimum absolute atomic E-state index is 0.414. The first kappa shape index (κ1) is 10.2. The molecule has 2 aromatic rings. The van der Waals surface area contributed by atoms with Crippen LogP contribution in [0.3, 0.4) is 0 Å². The zero-order valence-electron chi connectivity index (χ0n) is 7.65. The van der Waals surface area contributed by atoms with Gasteiger partial charge in [0.15, 0.2) is 0 Å². The summed E-state index contributed by atoms with van der Waals surface area (Å²) in [6.07, 6.45) is 1.60. The van der Waals surface area contributed by atoms with Crippen molar-refractivity contribution in [1.29, 1.82) is 0 Å². The quantitative estimate of drug-likeness (QED) is 0.854. The average Bonchev–Trinajstić information content (AvgIpc) is 2.67. The van der Waals surface area contributed by atoms with Gasteiger partial charge in [0.05, 0.1) is 11.6 Å². The number of hydrogen-bond acceptors (Lipinski definition) is 3. The minimum Gasteiger partial charge on any atom is -0.320 e. The predicted molar refractivity (Wildman–Crippen MR) is 54.5 cm³/mol. The Hall–Kier alpha value is -1.33. The van der Waals surface area contributed by atoms with E-state index in [2.05, 4.69) is 4.98 Å². The molecule has 1 unspecified atom stereocenters. The number of rotatable bonds is 2. The van der Waals surface area contributed by atoms with Crippen LogP contribution in [-0.2, 0) is 0 Å². The lowest BCUT2D eigenvalue weighted by atomic mass is 10.1. The van der Waals surface area contributed by atoms with Crippen LogP contribution in [0.2, 0.25) is 0 Å². The van der Waals surface area contributed by atoms with Crippen molar-refractivity contribution in [3.8, 4) is 0 Å². The van der Waals surface area contributed by atoms with Crippen LogP contribution < -0.4 is 5.73 Å². The number of halogens is 2. The van der Waals surface area contributed by atoms with E-state index in [1.807, 2.05) is 0 Å². The molecule has 0 aliphatic heterocycles. The number of nitrogens with zero attached hydrogens (tertiary/aromatic N) is 1. The fourth-order valence-corrected chi connectivity index (χ4v) is 1.95. The second-order valence-corrected chi connectivity index (χ2v) is 4.00. The van der Waals surface area contributed by atoms with Crippen LogP contribution in [0.5, 0.6) is 0 Å². The van der Waals surface area contributed by atoms with E-state index < -0.39 is 17.7 Å². The van der Waals surface area contributed by atoms with Crippen molar-refractivity contribution in [2.24, 2.45) is 5.73 Å². The molecule has 0 amide bonds. The molecule has 2 rings (SSSR count). The lowest BCUT2D eigenvalue weighted by molar-refractivity contribution is 0.577. The van der Waals surface area contributed by atoms with Gasteiger partial charge in [-0.15, -0.1) is 11.3 Å². The van der Waals surface area contributed by atoms with Gasteiger partial charge in [0.1, 0.15) is 11.6 Å². The van der Waals surface area contributed by atoms with Gasteiger partial charge < -0.3 is 5.73 Å². The van der Waals surface area contributed by atoms with E-state index in [9.17, 15) is 8.78 Å². The van der Waals surface area contributed by atoms with Gasteiger partial charge in [-0.2, -0.15) is 0 Å². The summed E-state index contributed by atoms with van der Waals surface area (Å²) >= 11 is 1.36. The van der Waals surface area contributed by atoms with Crippen molar-refractivity contribution in [3.05, 3.63) is 52.0 Å². The lowest BCUT2D eigenvalue weighted by Crippen LogP contribution is -2.10. The number of nitrogens with two attached hydrogens (primary N) is 1. The Labute approximate surface area is 89.4 Å². The van der Waals surface area contributed by atoms with Crippen molar-refractivity contribution in [3.63, 3.8) is 0 Å². The SMILES string of the molecule is NC(c1cc(F)cc(F)c1)c1cncs1. The second kappa shape index (κ2) is 4.04. The van der Waals surface area contributed by atoms with Crippen molar-refractivity contribution in [2.75, 3.05) is 0 Å². The highest BCUT2D eigenvalue weighted by Crippen LogP contribution is 2.23. The summed E-state index contributed by atoms with van der Waals surface area (Å²) in [5.41, 5.74) is 7.88. The van der Waals surface area contributed by atoms with Gasteiger partial charge in [0, 0.05) is 17.1 Å². The van der Waals surface area contributed by atoms with Crippen LogP contribution in [-0.4, -0.2) is 4.98 Å². The molecule has 1 heterocycles. The van der Waals surface area contributed by atoms with Gasteiger partial charge in [-0.05, 0) is 17.7 Å². The Bertz CT molecular complexity index is 436. The topological polar surface area (TPSA) is 38.9 Å². The normalized spacial score (nSPS) is 12.7. The largest absolute Gasteiger partial charge is 0.320 e. The van der Waals surface area contributed by atoms with E-state index in [-0.39, 0.29) is 0 Å². The van der Waals surface area contributed by atoms with Crippen molar-refractivity contribution in [2.45, 2.75) is 6.04 Å². The number of thiazole rings is 1. The third kappa shape index (κ3) is 2.19. The van der Waals surface area contributed by atoms with E-state index in [0.717, 1.165) is 10.9 Å². The molecule has 2 N–H and O–H groups in total. The van der Waals surface area contributed by atoms with E-state index in [0.29, 0.717) is 5.56 Å². The summed E-state index contributed by atoms with van der Waals surface area (Å²) in [6, 6.07) is 2.76. The molecule has 0 saturated carbocycles. The molecule has 0 radical (unpaired) electrons. The molecule has 0 fully saturated rings. The van der Waals surface area contributed by atoms with Gasteiger partial charge in [-0.3, -0.25) is 4.98 Å². The van der Waals surface area contributed by atoms with E-state index in [1.54, 1.807) is 11.7 Å². The summed E-state index contributed by atoms with van der Waals surface area (Å²) in [4.78, 5) is 4.64. The van der Waals surface area contributed by atoms with Crippen LogP contribution in [0, 0.1) is 11.6 Å². The van der Waals surface area contributed by atoms with Crippen LogP contribution in [0.15, 0.2) is 29.9 Å². The van der Waals surface area contributed by atoms with Crippen LogP contribution in [0.25, 0.3) is 0 Å². The van der Waals surface area contributed by atoms with Gasteiger partial charge in [-0.25, -0.2) is 8.78 Å². The molecule has 1 aromatic carbocycles. The Morgan fingerprint density at radius 1 is 1.20 bits per heavy atom. The fourth-order valence-electron chi connectivity index (χ4n) is 1.30. The second-order valence-electron chi connectivity index (χ2n) is 3.08. The van der Waals surface area contributed by atoms with Crippen LogP contribution >= 0.6 is 11.3 Å². The average molecular weight is 226 g/mol. The monoisotopic (exact) mass is 226 g/mol. The maximum Gasteiger partial charge on any atom is 0.126 e. The minimum atomic E-state index is -0.620. The van der Waals surface area contributed by atoms with E-state index >= 15 is 0 Å². The van der Waals surface area contributed by atoms with Gasteiger partial charge in [0.2, 0.25) is 0 Å². The third-order valence-corrected chi connectivity index (χ3v) is 2.86. The Kier molecular flexibility index (Phi) is 2.75. The summed E-state index contributed by atoms with van der Waals surface area (Å²) in [5, 5.41) is 0. The summed E-state index contributed by atoms with van der Waals surface area (Å²) in [5.74, 6) is -1.24. The molecule has 0 spiro atoms. The molecule has 0 aliphatic carbocycles. The zero-order valence-corrected chi connectivity index (χ0v) is 8.47. The molecule has 1 aromatic heterocycles. The molecular formula is C10H8F2N2S. The van der Waals surface area contributed by atoms with Gasteiger partial charge in [-0.1, -0.05) is 0 Å². The summed E-state index contributed by atoms with van der Waals surface area (Å²) < 4.78 is 25.8. The summed E-state index contributed by atoms with van der Waals surface area (Å²) in [7, 11) is 0. The first-order valence-electron chi connectivity index (χ1n) is 4.27. The smallest absolute Gasteiger partial charge is 0.126 e. The Balaban J connectivity index is 2.37. The maximum absolute atomic E-state index is 12.9. The summed E-state index contributed by atoms with van der Waals surface area (Å²) in [6.45, 7) is 0. The zero-order chi connectivity index (χ0) is 10.8. The molecule has 78 valence electrons. The highest BCUT2D eigenvalue weighted by Gasteiger charge is 2.12. The highest BCUT2D eigenvalue weighted by molar-refractivity contribution is 7.09. The molecule has 0 bridgehead atoms. The number of hydrogen-bond donors (Lipinski definition) is 1. The fraction of sp³-hybridized carbons (Fsp3) is 0.100. The standard InChI is InChI=1S/C10H8F2N2S/c11-7-1-6(2-8(12)3-7)10(13)9-4-14-5-15-9/h1-5,10H,13H2. The van der Waals surface area contributed by atoms with Crippen molar-refractivity contribution < 1.29 is 8.78 Å². The molecular weight excluding hydrogens is 218 g/mol. The molecule has 0 saturated heterocycles. The molecule has 5 heteroatoms. The van der Waals surface area contributed by atoms with Gasteiger partial charge >= 0.3 is 0 Å². The molecule has 2 nitrogen and oxygen atoms in total. The molecule has 1 atom stereocenters. The lowest BCUT2D eigenvalue weighted by Gasteiger charge is -2.09. The molecule has 15 heavy (non-hydrogen) atoms. The third-order valence-electron chi connectivity index (χ3n) is 2.00. The van der Waals surface area contributed by atoms with Crippen LogP contribution in [0.1, 0.15) is 16.5 Å². The van der Waals surface area contributed by atoms with Gasteiger partial charge in [0.25, 0.3) is 0 Å². The Morgan fingerprint density at radius 2 is 1.87 bits per heavy atom. The van der Waals surface area contributed by atoms with Crippen molar-refractivity contribution in [1.82, 2.24) is 4.98 Å². The van der Waals surface area contributed by atoms with Crippen LogP contribution in [0.4, 0.5) is 8.78 Å². The highest BCUT2D eigenvalue weighted by atomic mass is 32.1. The van der Waals surface area contributed by atoms with E-state index in [4.69, 9.17) is 5.73 Å².